The van der Waals surface area contributed by atoms with Crippen molar-refractivity contribution in [1.29, 1.82) is 0 Å². The Morgan fingerprint density at radius 1 is 1.20 bits per heavy atom. The molecule has 4 rings (SSSR count). The van der Waals surface area contributed by atoms with Crippen molar-refractivity contribution >= 4 is 17.7 Å². The average Bonchev–Trinajstić information content (AvgIpc) is 3.15. The lowest BCUT2D eigenvalue weighted by Gasteiger charge is -2.33. The number of fused-ring (bicyclic) bond motifs is 1. The van der Waals surface area contributed by atoms with Gasteiger partial charge in [0.25, 0.3) is 0 Å². The molecule has 0 fully saturated rings. The van der Waals surface area contributed by atoms with Crippen molar-refractivity contribution in [2.75, 3.05) is 12.8 Å². The van der Waals surface area contributed by atoms with Gasteiger partial charge < -0.3 is 4.90 Å². The van der Waals surface area contributed by atoms with Crippen molar-refractivity contribution in [3.05, 3.63) is 81.8 Å². The largest absolute Gasteiger partial charge is 0.343 e. The number of hydrogen-bond donors (Lipinski definition) is 1. The smallest absolute Gasteiger partial charge is 0.338 e. The van der Waals surface area contributed by atoms with Crippen molar-refractivity contribution < 1.29 is 4.79 Å². The summed E-state index contributed by atoms with van der Waals surface area (Å²) < 4.78 is 1.61. The molecule has 1 atom stereocenters. The molecule has 1 aliphatic carbocycles. The van der Waals surface area contributed by atoms with Crippen molar-refractivity contribution in [1.82, 2.24) is 19.7 Å². The number of nitrogens with one attached hydrogen (secondary N) is 1. The molecule has 1 aromatic heterocycles. The number of H-pyrrole nitrogens is 1. The molecular formula is C23H26N4O2S. The first-order chi connectivity index (χ1) is 14.6. The molecule has 1 N–H and O–H groups in total. The summed E-state index contributed by atoms with van der Waals surface area (Å²) in [6.45, 7) is 0.529. The monoisotopic (exact) mass is 422 g/mol. The van der Waals surface area contributed by atoms with Crippen LogP contribution in [0.1, 0.15) is 35.6 Å². The molecule has 1 unspecified atom stereocenters. The molecule has 1 amide bonds. The Morgan fingerprint density at radius 2 is 1.97 bits per heavy atom. The van der Waals surface area contributed by atoms with Crippen LogP contribution in [-0.2, 0) is 24.2 Å². The molecule has 0 radical (unpaired) electrons. The lowest BCUT2D eigenvalue weighted by molar-refractivity contribution is -0.129. The van der Waals surface area contributed by atoms with E-state index < -0.39 is 0 Å². The second kappa shape index (κ2) is 9.34. The fraction of sp³-hybridized carbons (Fsp3) is 0.348. The minimum absolute atomic E-state index is 0.0479. The first-order valence-electron chi connectivity index (χ1n) is 10.3. The Labute approximate surface area is 180 Å². The summed E-state index contributed by atoms with van der Waals surface area (Å²) in [6, 6.07) is 18.5. The SMILES string of the molecule is CN(C(=O)CSc1n[nH]c(=O)n1CCc1ccccc1)C1CCCc2ccccc21. The fourth-order valence-corrected chi connectivity index (χ4v) is 4.93. The maximum atomic E-state index is 12.9. The van der Waals surface area contributed by atoms with Crippen LogP contribution in [-0.4, -0.2) is 38.4 Å². The molecule has 1 heterocycles. The van der Waals surface area contributed by atoms with Crippen LogP contribution in [0.2, 0.25) is 0 Å². The van der Waals surface area contributed by atoms with Gasteiger partial charge in [-0.2, -0.15) is 0 Å². The molecule has 2 aromatic carbocycles. The molecule has 156 valence electrons. The highest BCUT2D eigenvalue weighted by atomic mass is 32.2. The zero-order valence-corrected chi connectivity index (χ0v) is 17.9. The van der Waals surface area contributed by atoms with Gasteiger partial charge in [-0.15, -0.1) is 5.10 Å². The summed E-state index contributed by atoms with van der Waals surface area (Å²) in [7, 11) is 1.88. The Hall–Kier alpha value is -2.80. The summed E-state index contributed by atoms with van der Waals surface area (Å²) in [6.07, 6.45) is 3.88. The zero-order chi connectivity index (χ0) is 20.9. The van der Waals surface area contributed by atoms with E-state index in [2.05, 4.69) is 28.4 Å². The van der Waals surface area contributed by atoms with Crippen LogP contribution < -0.4 is 5.69 Å². The molecule has 0 aliphatic heterocycles. The van der Waals surface area contributed by atoms with Crippen LogP contribution in [0.4, 0.5) is 0 Å². The van der Waals surface area contributed by atoms with Gasteiger partial charge >= 0.3 is 5.69 Å². The molecule has 3 aromatic rings. The molecule has 6 nitrogen and oxygen atoms in total. The summed E-state index contributed by atoms with van der Waals surface area (Å²) in [5.74, 6) is 0.303. The highest BCUT2D eigenvalue weighted by Crippen LogP contribution is 2.33. The van der Waals surface area contributed by atoms with Gasteiger partial charge in [0, 0.05) is 13.6 Å². The van der Waals surface area contributed by atoms with Crippen LogP contribution in [0.25, 0.3) is 0 Å². The van der Waals surface area contributed by atoms with Crippen LogP contribution in [0.15, 0.2) is 64.5 Å². The number of carbonyl (C=O) groups excluding carboxylic acids is 1. The lowest BCUT2D eigenvalue weighted by atomic mass is 9.87. The Bertz CT molecular complexity index is 1060. The van der Waals surface area contributed by atoms with Crippen molar-refractivity contribution in [3.8, 4) is 0 Å². The van der Waals surface area contributed by atoms with E-state index in [0.717, 1.165) is 31.2 Å². The quantitative estimate of drug-likeness (QED) is 0.592. The van der Waals surface area contributed by atoms with E-state index in [1.807, 2.05) is 48.3 Å². The molecule has 7 heteroatoms. The number of carbonyl (C=O) groups is 1. The molecule has 0 bridgehead atoms. The number of thioether (sulfide) groups is 1. The first-order valence-corrected chi connectivity index (χ1v) is 11.3. The summed E-state index contributed by atoms with van der Waals surface area (Å²) in [5, 5.41) is 7.20. The van der Waals surface area contributed by atoms with E-state index >= 15 is 0 Å². The van der Waals surface area contributed by atoms with Gasteiger partial charge in [-0.1, -0.05) is 66.4 Å². The van der Waals surface area contributed by atoms with Crippen molar-refractivity contribution in [2.45, 2.75) is 43.4 Å². The maximum absolute atomic E-state index is 12.9. The number of amides is 1. The van der Waals surface area contributed by atoms with Crippen molar-refractivity contribution in [2.24, 2.45) is 0 Å². The predicted octanol–water partition coefficient (Wildman–Crippen LogP) is 3.44. The second-order valence-electron chi connectivity index (χ2n) is 7.60. The van der Waals surface area contributed by atoms with Gasteiger partial charge in [-0.25, -0.2) is 9.89 Å². The number of nitrogens with zero attached hydrogens (tertiary/aromatic N) is 3. The Kier molecular flexibility index (Phi) is 6.38. The standard InChI is InChI=1S/C23H26N4O2S/c1-26(20-13-7-11-18-10-5-6-12-19(18)20)21(28)16-30-23-25-24-22(29)27(23)15-14-17-8-3-2-4-9-17/h2-6,8-10,12,20H,7,11,13-16H2,1H3,(H,24,29). The third-order valence-corrected chi connectivity index (χ3v) is 6.67. The lowest BCUT2D eigenvalue weighted by Crippen LogP contribution is -2.34. The van der Waals surface area contributed by atoms with E-state index in [1.165, 1.54) is 22.9 Å². The summed E-state index contributed by atoms with van der Waals surface area (Å²) in [5.41, 5.74) is 3.51. The number of rotatable bonds is 7. The van der Waals surface area contributed by atoms with Gasteiger partial charge in [0.05, 0.1) is 11.8 Å². The third-order valence-electron chi connectivity index (χ3n) is 5.71. The first kappa shape index (κ1) is 20.5. The van der Waals surface area contributed by atoms with E-state index in [0.29, 0.717) is 11.7 Å². The van der Waals surface area contributed by atoms with E-state index in [1.54, 1.807) is 4.57 Å². The number of aromatic nitrogens is 3. The summed E-state index contributed by atoms with van der Waals surface area (Å²) >= 11 is 1.31. The molecule has 1 aliphatic rings. The van der Waals surface area contributed by atoms with Crippen LogP contribution in [0, 0.1) is 0 Å². The Morgan fingerprint density at radius 3 is 2.80 bits per heavy atom. The fourth-order valence-electron chi connectivity index (χ4n) is 4.03. The third kappa shape index (κ3) is 4.51. The average molecular weight is 423 g/mol. The molecule has 0 spiro atoms. The topological polar surface area (TPSA) is 71.0 Å². The number of aromatic amines is 1. The van der Waals surface area contributed by atoms with Crippen LogP contribution in [0.5, 0.6) is 0 Å². The van der Waals surface area contributed by atoms with Gasteiger partial charge in [-0.3, -0.25) is 9.36 Å². The Balaban J connectivity index is 1.39. The van der Waals surface area contributed by atoms with E-state index in [4.69, 9.17) is 0 Å². The van der Waals surface area contributed by atoms with Gasteiger partial charge in [0.2, 0.25) is 5.91 Å². The summed E-state index contributed by atoms with van der Waals surface area (Å²) in [4.78, 5) is 26.9. The highest BCUT2D eigenvalue weighted by Gasteiger charge is 2.26. The molecule has 0 saturated heterocycles. The van der Waals surface area contributed by atoms with Gasteiger partial charge in [0.15, 0.2) is 5.16 Å². The van der Waals surface area contributed by atoms with Gasteiger partial charge in [-0.05, 0) is 42.4 Å². The highest BCUT2D eigenvalue weighted by molar-refractivity contribution is 7.99. The zero-order valence-electron chi connectivity index (χ0n) is 17.1. The molecule has 0 saturated carbocycles. The van der Waals surface area contributed by atoms with Gasteiger partial charge in [0.1, 0.15) is 0 Å². The van der Waals surface area contributed by atoms with Crippen LogP contribution in [0.3, 0.4) is 0 Å². The number of hydrogen-bond acceptors (Lipinski definition) is 4. The van der Waals surface area contributed by atoms with Crippen molar-refractivity contribution in [3.63, 3.8) is 0 Å². The maximum Gasteiger partial charge on any atom is 0.343 e. The number of aryl methyl sites for hydroxylation is 2. The van der Waals surface area contributed by atoms with E-state index in [-0.39, 0.29) is 23.4 Å². The molecular weight excluding hydrogens is 396 g/mol. The van der Waals surface area contributed by atoms with Crippen LogP contribution >= 0.6 is 11.8 Å². The molecule has 30 heavy (non-hydrogen) atoms. The van der Waals surface area contributed by atoms with E-state index in [9.17, 15) is 9.59 Å². The minimum Gasteiger partial charge on any atom is -0.338 e. The second-order valence-corrected chi connectivity index (χ2v) is 8.54. The predicted molar refractivity (Wildman–Crippen MR) is 119 cm³/mol. The minimum atomic E-state index is -0.240. The normalized spacial score (nSPS) is 15.6. The number of benzene rings is 2.